The number of benzene rings is 1. The largest absolute Gasteiger partial charge is 0.490 e. The molecule has 0 heterocycles. The molecule has 1 rings (SSSR count). The third-order valence-electron chi connectivity index (χ3n) is 1.30. The second-order valence-electron chi connectivity index (χ2n) is 2.15. The van der Waals surface area contributed by atoms with E-state index in [-0.39, 0.29) is 0 Å². The van der Waals surface area contributed by atoms with E-state index in [0.717, 1.165) is 10.2 Å². The molecule has 3 nitrogen and oxygen atoms in total. The molecule has 1 aromatic carbocycles. The van der Waals surface area contributed by atoms with Gasteiger partial charge in [0.2, 0.25) is 0 Å². The molecule has 0 radical (unpaired) electrons. The van der Waals surface area contributed by atoms with Crippen LogP contribution in [-0.2, 0) is 4.84 Å². The van der Waals surface area contributed by atoms with E-state index in [1.165, 1.54) is 0 Å². The van der Waals surface area contributed by atoms with Gasteiger partial charge in [0.15, 0.2) is 0 Å². The molecule has 4 heteroatoms. The Morgan fingerprint density at radius 3 is 2.67 bits per heavy atom. The minimum atomic E-state index is 0.390. The van der Waals surface area contributed by atoms with Gasteiger partial charge < -0.3 is 9.57 Å². The van der Waals surface area contributed by atoms with Gasteiger partial charge in [0, 0.05) is 0 Å². The molecule has 0 aliphatic heterocycles. The first kappa shape index (κ1) is 9.51. The monoisotopic (exact) mass is 231 g/mol. The summed E-state index contributed by atoms with van der Waals surface area (Å²) in [6, 6.07) is 7.62. The minimum absolute atomic E-state index is 0.390. The molecular weight excluding hydrogens is 222 g/mol. The fourth-order valence-electron chi connectivity index (χ4n) is 0.762. The summed E-state index contributed by atoms with van der Waals surface area (Å²) in [7, 11) is 0. The Morgan fingerprint density at radius 1 is 1.25 bits per heavy atom. The maximum Gasteiger partial charge on any atom is 0.133 e. The van der Waals surface area contributed by atoms with Gasteiger partial charge in [0.05, 0.1) is 4.47 Å². The van der Waals surface area contributed by atoms with Gasteiger partial charge in [-0.3, -0.25) is 0 Å². The van der Waals surface area contributed by atoms with Crippen LogP contribution in [0.5, 0.6) is 5.75 Å². The minimum Gasteiger partial charge on any atom is -0.490 e. The van der Waals surface area contributed by atoms with Crippen molar-refractivity contribution >= 4 is 15.9 Å². The second kappa shape index (κ2) is 5.13. The van der Waals surface area contributed by atoms with E-state index in [1.807, 2.05) is 24.3 Å². The Kier molecular flexibility index (Phi) is 4.07. The van der Waals surface area contributed by atoms with E-state index >= 15 is 0 Å². The zero-order chi connectivity index (χ0) is 8.81. The first-order chi connectivity index (χ1) is 5.84. The lowest BCUT2D eigenvalue weighted by Crippen LogP contribution is -2.10. The normalized spacial score (nSPS) is 9.83. The molecule has 0 aliphatic rings. The SMILES string of the molecule is NOCCOc1ccccc1Br. The molecule has 0 atom stereocenters. The third-order valence-corrected chi connectivity index (χ3v) is 1.95. The van der Waals surface area contributed by atoms with Gasteiger partial charge in [0.1, 0.15) is 19.0 Å². The van der Waals surface area contributed by atoms with E-state index in [4.69, 9.17) is 10.6 Å². The predicted octanol–water partition coefficient (Wildman–Crippen LogP) is 1.72. The molecule has 0 unspecified atom stereocenters. The summed E-state index contributed by atoms with van der Waals surface area (Å²) < 4.78 is 6.26. The quantitative estimate of drug-likeness (QED) is 0.634. The van der Waals surface area contributed by atoms with Crippen LogP contribution in [0.15, 0.2) is 28.7 Å². The summed E-state index contributed by atoms with van der Waals surface area (Å²) in [5.41, 5.74) is 0. The Balaban J connectivity index is 2.46. The molecule has 1 aromatic rings. The fourth-order valence-corrected chi connectivity index (χ4v) is 1.16. The third kappa shape index (κ3) is 2.81. The molecule has 0 aromatic heterocycles. The molecule has 0 aliphatic carbocycles. The van der Waals surface area contributed by atoms with Crippen LogP contribution in [0.4, 0.5) is 0 Å². The number of halogens is 1. The van der Waals surface area contributed by atoms with Crippen LogP contribution in [0, 0.1) is 0 Å². The summed E-state index contributed by atoms with van der Waals surface area (Å²) in [6.45, 7) is 0.848. The van der Waals surface area contributed by atoms with Crippen molar-refractivity contribution in [3.63, 3.8) is 0 Å². The van der Waals surface area contributed by atoms with Crippen LogP contribution in [0.3, 0.4) is 0 Å². The maximum atomic E-state index is 5.33. The number of nitrogens with two attached hydrogens (primary N) is 1. The standard InChI is InChI=1S/C8H10BrNO2/c9-7-3-1-2-4-8(7)11-5-6-12-10/h1-4H,5-6,10H2. The van der Waals surface area contributed by atoms with Crippen molar-refractivity contribution in [2.24, 2.45) is 5.90 Å². The Bertz CT molecular complexity index is 242. The average molecular weight is 232 g/mol. The molecule has 0 amide bonds. The zero-order valence-electron chi connectivity index (χ0n) is 6.50. The second-order valence-corrected chi connectivity index (χ2v) is 3.00. The lowest BCUT2D eigenvalue weighted by Gasteiger charge is -2.05. The lowest BCUT2D eigenvalue weighted by molar-refractivity contribution is 0.102. The van der Waals surface area contributed by atoms with Crippen molar-refractivity contribution in [3.05, 3.63) is 28.7 Å². The number of para-hydroxylation sites is 1. The molecule has 0 saturated carbocycles. The van der Waals surface area contributed by atoms with E-state index in [1.54, 1.807) is 0 Å². The van der Waals surface area contributed by atoms with Gasteiger partial charge >= 0.3 is 0 Å². The molecule has 0 saturated heterocycles. The van der Waals surface area contributed by atoms with Crippen molar-refractivity contribution in [2.75, 3.05) is 13.2 Å². The molecule has 2 N–H and O–H groups in total. The molecule has 12 heavy (non-hydrogen) atoms. The number of hydrogen-bond acceptors (Lipinski definition) is 3. The Labute approximate surface area is 79.5 Å². The zero-order valence-corrected chi connectivity index (χ0v) is 8.08. The van der Waals surface area contributed by atoms with Gasteiger partial charge in [-0.25, -0.2) is 5.90 Å². The van der Waals surface area contributed by atoms with Gasteiger partial charge in [-0.2, -0.15) is 0 Å². The van der Waals surface area contributed by atoms with Crippen LogP contribution in [-0.4, -0.2) is 13.2 Å². The molecule has 0 fully saturated rings. The number of rotatable bonds is 4. The Hall–Kier alpha value is -0.580. The van der Waals surface area contributed by atoms with Crippen LogP contribution in [0.25, 0.3) is 0 Å². The summed E-state index contributed by atoms with van der Waals surface area (Å²) in [5, 5.41) is 0. The first-order valence-corrected chi connectivity index (χ1v) is 4.33. The van der Waals surface area contributed by atoms with Crippen LogP contribution >= 0.6 is 15.9 Å². The number of ether oxygens (including phenoxy) is 1. The first-order valence-electron chi connectivity index (χ1n) is 3.53. The van der Waals surface area contributed by atoms with Gasteiger partial charge in [-0.1, -0.05) is 12.1 Å². The van der Waals surface area contributed by atoms with E-state index in [0.29, 0.717) is 13.2 Å². The van der Waals surface area contributed by atoms with E-state index < -0.39 is 0 Å². The molecule has 66 valence electrons. The van der Waals surface area contributed by atoms with Crippen molar-refractivity contribution in [1.29, 1.82) is 0 Å². The van der Waals surface area contributed by atoms with E-state index in [9.17, 15) is 0 Å². The molecule has 0 bridgehead atoms. The average Bonchev–Trinajstić information content (AvgIpc) is 2.09. The van der Waals surface area contributed by atoms with Gasteiger partial charge in [-0.15, -0.1) is 0 Å². The van der Waals surface area contributed by atoms with E-state index in [2.05, 4.69) is 20.8 Å². The summed E-state index contributed by atoms with van der Waals surface area (Å²) in [6.07, 6.45) is 0. The molecular formula is C8H10BrNO2. The fraction of sp³-hybridized carbons (Fsp3) is 0.250. The van der Waals surface area contributed by atoms with Gasteiger partial charge in [-0.05, 0) is 28.1 Å². The highest BCUT2D eigenvalue weighted by atomic mass is 79.9. The summed E-state index contributed by atoms with van der Waals surface area (Å²) in [4.78, 5) is 4.36. The highest BCUT2D eigenvalue weighted by Crippen LogP contribution is 2.23. The van der Waals surface area contributed by atoms with Gasteiger partial charge in [0.25, 0.3) is 0 Å². The lowest BCUT2D eigenvalue weighted by atomic mass is 10.3. The highest BCUT2D eigenvalue weighted by molar-refractivity contribution is 9.10. The van der Waals surface area contributed by atoms with Crippen molar-refractivity contribution in [3.8, 4) is 5.75 Å². The van der Waals surface area contributed by atoms with Crippen molar-refractivity contribution in [2.45, 2.75) is 0 Å². The smallest absolute Gasteiger partial charge is 0.133 e. The Morgan fingerprint density at radius 2 is 2.00 bits per heavy atom. The summed E-state index contributed by atoms with van der Waals surface area (Å²) in [5.74, 6) is 5.64. The van der Waals surface area contributed by atoms with Crippen LogP contribution in [0.2, 0.25) is 0 Å². The highest BCUT2D eigenvalue weighted by Gasteiger charge is 1.97. The number of hydrogen-bond donors (Lipinski definition) is 1. The predicted molar refractivity (Wildman–Crippen MR) is 49.8 cm³/mol. The molecule has 0 spiro atoms. The van der Waals surface area contributed by atoms with Crippen molar-refractivity contribution < 1.29 is 9.57 Å². The maximum absolute atomic E-state index is 5.33. The topological polar surface area (TPSA) is 44.5 Å². The van der Waals surface area contributed by atoms with Crippen molar-refractivity contribution in [1.82, 2.24) is 0 Å². The van der Waals surface area contributed by atoms with Crippen LogP contribution < -0.4 is 10.6 Å². The summed E-state index contributed by atoms with van der Waals surface area (Å²) >= 11 is 3.35. The van der Waals surface area contributed by atoms with Crippen LogP contribution in [0.1, 0.15) is 0 Å².